The summed E-state index contributed by atoms with van der Waals surface area (Å²) in [6.07, 6.45) is 1.56. The molecule has 0 spiro atoms. The van der Waals surface area contributed by atoms with Gasteiger partial charge in [-0.05, 0) is 47.9 Å². The van der Waals surface area contributed by atoms with E-state index in [1.54, 1.807) is 30.5 Å². The van der Waals surface area contributed by atoms with Crippen LogP contribution >= 0.6 is 0 Å². The highest BCUT2D eigenvalue weighted by Crippen LogP contribution is 2.25. The van der Waals surface area contributed by atoms with Gasteiger partial charge in [-0.2, -0.15) is 4.31 Å². The van der Waals surface area contributed by atoms with Gasteiger partial charge in [-0.3, -0.25) is 0 Å². The molecule has 0 aliphatic carbocycles. The molecule has 0 unspecified atom stereocenters. The summed E-state index contributed by atoms with van der Waals surface area (Å²) in [5, 5.41) is 0. The van der Waals surface area contributed by atoms with Gasteiger partial charge in [0.05, 0.1) is 17.7 Å². The van der Waals surface area contributed by atoms with Gasteiger partial charge in [0.25, 0.3) is 0 Å². The second-order valence-electron chi connectivity index (χ2n) is 7.23. The molecule has 0 bridgehead atoms. The molecule has 0 radical (unpaired) electrons. The summed E-state index contributed by atoms with van der Waals surface area (Å²) in [5.41, 5.74) is 4.09. The number of furan rings is 1. The fourth-order valence-corrected chi connectivity index (χ4v) is 4.69. The molecule has 0 aliphatic heterocycles. The quantitative estimate of drug-likeness (QED) is 0.391. The van der Waals surface area contributed by atoms with Crippen LogP contribution in [0.25, 0.3) is 11.1 Å². The molecule has 0 N–H and O–H groups in total. The van der Waals surface area contributed by atoms with E-state index < -0.39 is 10.0 Å². The lowest BCUT2D eigenvalue weighted by molar-refractivity contribution is 0.358. The fraction of sp³-hybridized carbons (Fsp3) is 0.120. The molecular formula is C25H23NO3S. The molecule has 1 aromatic heterocycles. The Balaban J connectivity index is 1.64. The molecule has 1 heterocycles. The minimum absolute atomic E-state index is 0.170. The number of nitrogens with zero attached hydrogens (tertiary/aromatic N) is 1. The zero-order valence-electron chi connectivity index (χ0n) is 16.7. The van der Waals surface area contributed by atoms with Crippen LogP contribution in [0.4, 0.5) is 0 Å². The maximum Gasteiger partial charge on any atom is 0.243 e. The highest BCUT2D eigenvalue weighted by atomic mass is 32.2. The molecule has 152 valence electrons. The van der Waals surface area contributed by atoms with Crippen molar-refractivity contribution in [1.82, 2.24) is 4.31 Å². The lowest BCUT2D eigenvalue weighted by Crippen LogP contribution is -2.30. The molecule has 4 nitrogen and oxygen atoms in total. The molecule has 0 saturated heterocycles. The molecule has 30 heavy (non-hydrogen) atoms. The van der Waals surface area contributed by atoms with Gasteiger partial charge in [-0.25, -0.2) is 8.42 Å². The zero-order valence-corrected chi connectivity index (χ0v) is 17.5. The Morgan fingerprint density at radius 2 is 1.40 bits per heavy atom. The number of rotatable bonds is 7. The summed E-state index contributed by atoms with van der Waals surface area (Å²) < 4.78 is 33.8. The predicted octanol–water partition coefficient (Wildman–Crippen LogP) is 5.65. The first kappa shape index (κ1) is 20.1. The molecule has 0 atom stereocenters. The summed E-state index contributed by atoms with van der Waals surface area (Å²) in [6.45, 7) is 2.45. The standard InChI is InChI=1S/C25H23NO3S/c1-20-9-11-21(12-10-20)18-26(19-24-8-5-17-29-24)30(27,28)25-15-13-23(14-16-25)22-6-3-2-4-7-22/h2-17H,18-19H2,1H3. The molecule has 0 fully saturated rings. The Morgan fingerprint density at radius 1 is 0.733 bits per heavy atom. The molecule has 0 amide bonds. The predicted molar refractivity (Wildman–Crippen MR) is 118 cm³/mol. The van der Waals surface area contributed by atoms with Gasteiger partial charge in [0.2, 0.25) is 10.0 Å². The third-order valence-electron chi connectivity index (χ3n) is 4.99. The van der Waals surface area contributed by atoms with Crippen molar-refractivity contribution in [2.75, 3.05) is 0 Å². The number of hydrogen-bond acceptors (Lipinski definition) is 3. The van der Waals surface area contributed by atoms with Crippen LogP contribution < -0.4 is 0 Å². The maximum atomic E-state index is 13.5. The summed E-state index contributed by atoms with van der Waals surface area (Å²) >= 11 is 0. The van der Waals surface area contributed by atoms with Crippen molar-refractivity contribution in [3.05, 3.63) is 114 Å². The Kier molecular flexibility index (Phi) is 5.84. The second kappa shape index (κ2) is 8.69. The van der Waals surface area contributed by atoms with Crippen molar-refractivity contribution >= 4 is 10.0 Å². The van der Waals surface area contributed by atoms with Gasteiger partial charge in [-0.1, -0.05) is 72.3 Å². The zero-order chi connectivity index (χ0) is 21.0. The summed E-state index contributed by atoms with van der Waals surface area (Å²) in [5.74, 6) is 0.603. The number of hydrogen-bond donors (Lipinski definition) is 0. The van der Waals surface area contributed by atoms with E-state index in [1.807, 2.05) is 73.7 Å². The van der Waals surface area contributed by atoms with Crippen molar-refractivity contribution in [3.8, 4) is 11.1 Å². The number of sulfonamides is 1. The van der Waals surface area contributed by atoms with Gasteiger partial charge in [-0.15, -0.1) is 0 Å². The van der Waals surface area contributed by atoms with Crippen LogP contribution in [-0.4, -0.2) is 12.7 Å². The number of aryl methyl sites for hydroxylation is 1. The third kappa shape index (κ3) is 4.53. The van der Waals surface area contributed by atoms with E-state index in [0.29, 0.717) is 5.76 Å². The first-order valence-electron chi connectivity index (χ1n) is 9.76. The lowest BCUT2D eigenvalue weighted by atomic mass is 10.1. The van der Waals surface area contributed by atoms with Crippen LogP contribution in [0, 0.1) is 6.92 Å². The van der Waals surface area contributed by atoms with Crippen LogP contribution in [0.15, 0.2) is 107 Å². The normalized spacial score (nSPS) is 11.7. The van der Waals surface area contributed by atoms with Crippen LogP contribution in [-0.2, 0) is 23.1 Å². The maximum absolute atomic E-state index is 13.5. The lowest BCUT2D eigenvalue weighted by Gasteiger charge is -2.22. The van der Waals surface area contributed by atoms with Gasteiger partial charge >= 0.3 is 0 Å². The van der Waals surface area contributed by atoms with E-state index in [4.69, 9.17) is 4.42 Å². The van der Waals surface area contributed by atoms with Crippen molar-refractivity contribution < 1.29 is 12.8 Å². The highest BCUT2D eigenvalue weighted by Gasteiger charge is 2.26. The van der Waals surface area contributed by atoms with Gasteiger partial charge in [0.15, 0.2) is 0 Å². The van der Waals surface area contributed by atoms with E-state index in [9.17, 15) is 8.42 Å². The first-order chi connectivity index (χ1) is 14.5. The molecule has 0 saturated carbocycles. The molecular weight excluding hydrogens is 394 g/mol. The Labute approximate surface area is 177 Å². The van der Waals surface area contributed by atoms with Gasteiger partial charge < -0.3 is 4.42 Å². The summed E-state index contributed by atoms with van der Waals surface area (Å²) in [4.78, 5) is 0.265. The minimum Gasteiger partial charge on any atom is -0.468 e. The van der Waals surface area contributed by atoms with E-state index in [1.165, 1.54) is 4.31 Å². The van der Waals surface area contributed by atoms with Crippen molar-refractivity contribution in [2.24, 2.45) is 0 Å². The van der Waals surface area contributed by atoms with Crippen molar-refractivity contribution in [1.29, 1.82) is 0 Å². The largest absolute Gasteiger partial charge is 0.468 e. The average molecular weight is 418 g/mol. The van der Waals surface area contributed by atoms with Crippen LogP contribution in [0.1, 0.15) is 16.9 Å². The Bertz CT molecular complexity index is 1180. The third-order valence-corrected chi connectivity index (χ3v) is 6.80. The van der Waals surface area contributed by atoms with E-state index in [0.717, 1.165) is 22.3 Å². The van der Waals surface area contributed by atoms with Crippen LogP contribution in [0.2, 0.25) is 0 Å². The first-order valence-corrected chi connectivity index (χ1v) is 11.2. The molecule has 3 aromatic carbocycles. The SMILES string of the molecule is Cc1ccc(CN(Cc2ccco2)S(=O)(=O)c2ccc(-c3ccccc3)cc2)cc1. The van der Waals surface area contributed by atoms with Crippen molar-refractivity contribution in [2.45, 2.75) is 24.9 Å². The molecule has 4 aromatic rings. The Morgan fingerprint density at radius 3 is 2.03 bits per heavy atom. The molecule has 0 aliphatic rings. The molecule has 4 rings (SSSR count). The Hall–Kier alpha value is -3.15. The van der Waals surface area contributed by atoms with Crippen LogP contribution in [0.5, 0.6) is 0 Å². The molecule has 5 heteroatoms. The summed E-state index contributed by atoms with van der Waals surface area (Å²) in [6, 6.07) is 28.4. The number of benzene rings is 3. The van der Waals surface area contributed by atoms with E-state index in [2.05, 4.69) is 0 Å². The second-order valence-corrected chi connectivity index (χ2v) is 9.17. The van der Waals surface area contributed by atoms with Gasteiger partial charge in [0, 0.05) is 6.54 Å². The topological polar surface area (TPSA) is 50.5 Å². The minimum atomic E-state index is -3.71. The van der Waals surface area contributed by atoms with Gasteiger partial charge in [0.1, 0.15) is 5.76 Å². The monoisotopic (exact) mass is 417 g/mol. The van der Waals surface area contributed by atoms with E-state index >= 15 is 0 Å². The van der Waals surface area contributed by atoms with Crippen LogP contribution in [0.3, 0.4) is 0 Å². The average Bonchev–Trinajstić information content (AvgIpc) is 3.29. The van der Waals surface area contributed by atoms with Crippen molar-refractivity contribution in [3.63, 3.8) is 0 Å². The van der Waals surface area contributed by atoms with E-state index in [-0.39, 0.29) is 18.0 Å². The summed E-state index contributed by atoms with van der Waals surface area (Å²) in [7, 11) is -3.71. The smallest absolute Gasteiger partial charge is 0.243 e. The fourth-order valence-electron chi connectivity index (χ4n) is 3.30. The highest BCUT2D eigenvalue weighted by molar-refractivity contribution is 7.89.